The van der Waals surface area contributed by atoms with E-state index in [0.717, 1.165) is 31.6 Å². The van der Waals surface area contributed by atoms with Crippen LogP contribution in [0.2, 0.25) is 0 Å². The first kappa shape index (κ1) is 21.1. The number of aromatic nitrogens is 3. The molecule has 1 amide bonds. The van der Waals surface area contributed by atoms with E-state index in [1.165, 1.54) is 0 Å². The second-order valence-electron chi connectivity index (χ2n) is 7.48. The van der Waals surface area contributed by atoms with E-state index < -0.39 is 0 Å². The fraction of sp³-hybridized carbons (Fsp3) is 0.524. The Morgan fingerprint density at radius 2 is 1.77 bits per heavy atom. The lowest BCUT2D eigenvalue weighted by Crippen LogP contribution is -2.43. The van der Waals surface area contributed by atoms with Gasteiger partial charge in [0.2, 0.25) is 17.8 Å². The average Bonchev–Trinajstić information content (AvgIpc) is 2.81. The van der Waals surface area contributed by atoms with Crippen molar-refractivity contribution in [3.63, 3.8) is 0 Å². The van der Waals surface area contributed by atoms with Gasteiger partial charge in [0.25, 0.3) is 0 Å². The van der Waals surface area contributed by atoms with Crippen LogP contribution >= 0.6 is 0 Å². The van der Waals surface area contributed by atoms with E-state index in [1.807, 2.05) is 37.3 Å². The number of hydrogen-bond acceptors (Lipinski definition) is 9. The number of carbonyl (C=O) groups is 1. The lowest BCUT2D eigenvalue weighted by molar-refractivity contribution is 0.0983. The van der Waals surface area contributed by atoms with Crippen LogP contribution in [-0.2, 0) is 9.47 Å². The summed E-state index contributed by atoms with van der Waals surface area (Å²) in [6.45, 7) is 6.30. The Kier molecular flexibility index (Phi) is 6.98. The Balaban J connectivity index is 1.47. The van der Waals surface area contributed by atoms with Crippen molar-refractivity contribution in [3.8, 4) is 0 Å². The second kappa shape index (κ2) is 10.3. The van der Waals surface area contributed by atoms with Crippen LogP contribution in [0.4, 0.5) is 28.3 Å². The molecule has 0 unspecified atom stereocenters. The van der Waals surface area contributed by atoms with Gasteiger partial charge < -0.3 is 29.9 Å². The van der Waals surface area contributed by atoms with E-state index in [2.05, 4.69) is 30.5 Å². The summed E-state index contributed by atoms with van der Waals surface area (Å²) in [5.41, 5.74) is 0.912. The number of benzene rings is 1. The number of hydrogen-bond donors (Lipinski definition) is 2. The van der Waals surface area contributed by atoms with Crippen molar-refractivity contribution >= 4 is 29.6 Å². The second-order valence-corrected chi connectivity index (χ2v) is 7.48. The number of carbonyl (C=O) groups excluding carboxylic acids is 1. The molecular formula is C21H29N7O3. The third-order valence-corrected chi connectivity index (χ3v) is 5.30. The molecule has 1 aromatic carbocycles. The maximum absolute atomic E-state index is 11.9. The first-order valence-electron chi connectivity index (χ1n) is 10.8. The quantitative estimate of drug-likeness (QED) is 0.719. The molecule has 2 N–H and O–H groups in total. The Labute approximate surface area is 182 Å². The number of para-hydroxylation sites is 1. The molecule has 0 spiro atoms. The molecule has 2 aliphatic rings. The van der Waals surface area contributed by atoms with E-state index in [-0.39, 0.29) is 12.1 Å². The van der Waals surface area contributed by atoms with Gasteiger partial charge in [0.05, 0.1) is 19.8 Å². The monoisotopic (exact) mass is 427 g/mol. The zero-order valence-electron chi connectivity index (χ0n) is 17.8. The number of piperidine rings is 1. The number of nitrogens with one attached hydrogen (secondary N) is 2. The molecule has 0 atom stereocenters. The van der Waals surface area contributed by atoms with Gasteiger partial charge in [-0.3, -0.25) is 0 Å². The third kappa shape index (κ3) is 5.72. The van der Waals surface area contributed by atoms with Crippen molar-refractivity contribution < 1.29 is 14.3 Å². The lowest BCUT2D eigenvalue weighted by atomic mass is 10.1. The molecule has 2 fully saturated rings. The van der Waals surface area contributed by atoms with Gasteiger partial charge in [-0.15, -0.1) is 0 Å². The number of nitrogens with zero attached hydrogens (tertiary/aromatic N) is 5. The zero-order chi connectivity index (χ0) is 21.5. The number of anilines is 4. The molecule has 2 aromatic rings. The van der Waals surface area contributed by atoms with E-state index in [1.54, 1.807) is 4.90 Å². The zero-order valence-corrected chi connectivity index (χ0v) is 17.8. The summed E-state index contributed by atoms with van der Waals surface area (Å²) in [4.78, 5) is 29.7. The van der Waals surface area contributed by atoms with Crippen LogP contribution in [0.5, 0.6) is 0 Å². The summed E-state index contributed by atoms with van der Waals surface area (Å²) in [5.74, 6) is 1.65. The van der Waals surface area contributed by atoms with Crippen LogP contribution < -0.4 is 15.5 Å². The minimum atomic E-state index is -0.245. The van der Waals surface area contributed by atoms with Crippen LogP contribution in [0.15, 0.2) is 30.3 Å². The minimum Gasteiger partial charge on any atom is -0.450 e. The maximum Gasteiger partial charge on any atom is 0.409 e. The molecule has 0 aliphatic carbocycles. The highest BCUT2D eigenvalue weighted by Gasteiger charge is 2.25. The topological polar surface area (TPSA) is 105 Å². The van der Waals surface area contributed by atoms with Gasteiger partial charge in [0.1, 0.15) is 0 Å². The molecule has 31 heavy (non-hydrogen) atoms. The van der Waals surface area contributed by atoms with Gasteiger partial charge in [-0.25, -0.2) is 4.79 Å². The number of amides is 1. The largest absolute Gasteiger partial charge is 0.450 e. The molecule has 10 heteroatoms. The average molecular weight is 428 g/mol. The van der Waals surface area contributed by atoms with Crippen molar-refractivity contribution in [2.24, 2.45) is 0 Å². The van der Waals surface area contributed by atoms with Crippen molar-refractivity contribution in [2.45, 2.75) is 25.8 Å². The molecule has 1 aromatic heterocycles. The van der Waals surface area contributed by atoms with Gasteiger partial charge in [-0.05, 0) is 31.9 Å². The fourth-order valence-corrected chi connectivity index (χ4v) is 3.64. The Bertz CT molecular complexity index is 853. The molecule has 0 bridgehead atoms. The van der Waals surface area contributed by atoms with Gasteiger partial charge in [0.15, 0.2) is 0 Å². The summed E-state index contributed by atoms with van der Waals surface area (Å²) in [6, 6.07) is 10.0. The first-order valence-corrected chi connectivity index (χ1v) is 10.8. The van der Waals surface area contributed by atoms with Crippen LogP contribution in [0.3, 0.4) is 0 Å². The molecule has 2 saturated heterocycles. The predicted octanol–water partition coefficient (Wildman–Crippen LogP) is 2.48. The highest BCUT2D eigenvalue weighted by Crippen LogP contribution is 2.21. The van der Waals surface area contributed by atoms with Crippen LogP contribution in [-0.4, -0.2) is 78.0 Å². The number of morpholine rings is 1. The van der Waals surface area contributed by atoms with Crippen LogP contribution in [0.25, 0.3) is 0 Å². The van der Waals surface area contributed by atoms with Crippen LogP contribution in [0.1, 0.15) is 19.8 Å². The van der Waals surface area contributed by atoms with Crippen molar-refractivity contribution in [1.29, 1.82) is 0 Å². The summed E-state index contributed by atoms with van der Waals surface area (Å²) in [6.07, 6.45) is 1.36. The lowest BCUT2D eigenvalue weighted by Gasteiger charge is -2.32. The van der Waals surface area contributed by atoms with Gasteiger partial charge in [-0.1, -0.05) is 18.2 Å². The molecule has 10 nitrogen and oxygen atoms in total. The summed E-state index contributed by atoms with van der Waals surface area (Å²) >= 11 is 0. The smallest absolute Gasteiger partial charge is 0.409 e. The van der Waals surface area contributed by atoms with E-state index in [0.29, 0.717) is 50.8 Å². The molecule has 4 rings (SSSR count). The summed E-state index contributed by atoms with van der Waals surface area (Å²) < 4.78 is 10.6. The fourth-order valence-electron chi connectivity index (χ4n) is 3.64. The predicted molar refractivity (Wildman–Crippen MR) is 118 cm³/mol. The van der Waals surface area contributed by atoms with E-state index >= 15 is 0 Å². The normalized spacial score (nSPS) is 17.3. The van der Waals surface area contributed by atoms with E-state index in [4.69, 9.17) is 9.47 Å². The minimum absolute atomic E-state index is 0.176. The summed E-state index contributed by atoms with van der Waals surface area (Å²) in [7, 11) is 0. The van der Waals surface area contributed by atoms with Gasteiger partial charge in [0, 0.05) is 37.9 Å². The maximum atomic E-state index is 11.9. The van der Waals surface area contributed by atoms with Crippen molar-refractivity contribution in [3.05, 3.63) is 30.3 Å². The number of rotatable bonds is 6. The van der Waals surface area contributed by atoms with E-state index in [9.17, 15) is 4.79 Å². The number of likely N-dealkylation sites (tertiary alicyclic amines) is 1. The summed E-state index contributed by atoms with van der Waals surface area (Å²) in [5, 5.41) is 6.71. The van der Waals surface area contributed by atoms with Crippen LogP contribution in [0, 0.1) is 0 Å². The molecule has 3 heterocycles. The highest BCUT2D eigenvalue weighted by molar-refractivity contribution is 5.67. The molecular weight excluding hydrogens is 398 g/mol. The Hall–Kier alpha value is -3.14. The van der Waals surface area contributed by atoms with Crippen molar-refractivity contribution in [1.82, 2.24) is 19.9 Å². The molecule has 166 valence electrons. The molecule has 0 radical (unpaired) electrons. The van der Waals surface area contributed by atoms with Gasteiger partial charge in [-0.2, -0.15) is 15.0 Å². The standard InChI is InChI=1S/C21H29N7O3/c1-2-31-21(29)28-10-8-17(9-11-28)23-19-24-18(22-16-6-4-3-5-7-16)25-20(26-19)27-12-14-30-15-13-27/h3-7,17H,2,8-15H2,1H3,(H2,22,23,24,25,26). The van der Waals surface area contributed by atoms with Gasteiger partial charge >= 0.3 is 6.09 Å². The number of ether oxygens (including phenoxy) is 2. The first-order chi connectivity index (χ1) is 15.2. The Morgan fingerprint density at radius 1 is 1.06 bits per heavy atom. The third-order valence-electron chi connectivity index (χ3n) is 5.30. The molecule has 0 saturated carbocycles. The Morgan fingerprint density at radius 3 is 2.48 bits per heavy atom. The van der Waals surface area contributed by atoms with Crippen molar-refractivity contribution in [2.75, 3.05) is 61.5 Å². The SMILES string of the molecule is CCOC(=O)N1CCC(Nc2nc(Nc3ccccc3)nc(N3CCOCC3)n2)CC1. The highest BCUT2D eigenvalue weighted by atomic mass is 16.6. The molecule has 2 aliphatic heterocycles.